The number of nitrogens with zero attached hydrogens (tertiary/aromatic N) is 2. The number of carbonyl (C=O) groups is 1. The van der Waals surface area contributed by atoms with Gasteiger partial charge in [0.25, 0.3) is 5.69 Å². The number of likely N-dealkylation sites (N-methyl/N-ethyl adjacent to an activating group) is 1. The maximum atomic E-state index is 11.8. The van der Waals surface area contributed by atoms with Gasteiger partial charge in [0.1, 0.15) is 0 Å². The van der Waals surface area contributed by atoms with Crippen LogP contribution in [0.2, 0.25) is 0 Å². The van der Waals surface area contributed by atoms with E-state index in [1.807, 2.05) is 6.92 Å². The summed E-state index contributed by atoms with van der Waals surface area (Å²) >= 11 is 0. The van der Waals surface area contributed by atoms with Gasteiger partial charge < -0.3 is 10.2 Å². The SMILES string of the molecule is C=C(C)CN(C)C(=O)Nc1ccc([N+](=O)[O-])c(C)c1. The molecule has 0 aromatic heterocycles. The Kier molecular flexibility index (Phi) is 4.63. The first-order chi connectivity index (χ1) is 8.81. The molecule has 1 rings (SSSR count). The number of hydrogen-bond donors (Lipinski definition) is 1. The van der Waals surface area contributed by atoms with Gasteiger partial charge in [0, 0.05) is 30.9 Å². The van der Waals surface area contributed by atoms with Crippen molar-refractivity contribution in [2.75, 3.05) is 18.9 Å². The second kappa shape index (κ2) is 5.99. The molecule has 0 heterocycles. The Morgan fingerprint density at radius 2 is 2.16 bits per heavy atom. The van der Waals surface area contributed by atoms with Crippen molar-refractivity contribution in [3.8, 4) is 0 Å². The molecule has 0 spiro atoms. The molecule has 0 aliphatic heterocycles. The molecular weight excluding hydrogens is 246 g/mol. The summed E-state index contributed by atoms with van der Waals surface area (Å²) in [5, 5.41) is 13.4. The van der Waals surface area contributed by atoms with Crippen LogP contribution in [0.3, 0.4) is 0 Å². The van der Waals surface area contributed by atoms with E-state index in [1.165, 1.54) is 17.0 Å². The summed E-state index contributed by atoms with van der Waals surface area (Å²) < 4.78 is 0. The van der Waals surface area contributed by atoms with Crippen LogP contribution in [0.25, 0.3) is 0 Å². The van der Waals surface area contributed by atoms with Gasteiger partial charge in [0.2, 0.25) is 0 Å². The van der Waals surface area contributed by atoms with Crippen molar-refractivity contribution in [3.63, 3.8) is 0 Å². The topological polar surface area (TPSA) is 75.5 Å². The number of benzene rings is 1. The minimum atomic E-state index is -0.450. The fraction of sp³-hybridized carbons (Fsp3) is 0.308. The second-order valence-electron chi connectivity index (χ2n) is 4.50. The fourth-order valence-electron chi connectivity index (χ4n) is 1.63. The Labute approximate surface area is 111 Å². The molecule has 0 aliphatic carbocycles. The zero-order chi connectivity index (χ0) is 14.6. The summed E-state index contributed by atoms with van der Waals surface area (Å²) in [6, 6.07) is 4.18. The highest BCUT2D eigenvalue weighted by Gasteiger charge is 2.13. The van der Waals surface area contributed by atoms with Gasteiger partial charge in [-0.3, -0.25) is 10.1 Å². The van der Waals surface area contributed by atoms with Crippen molar-refractivity contribution in [2.24, 2.45) is 0 Å². The van der Waals surface area contributed by atoms with E-state index < -0.39 is 4.92 Å². The van der Waals surface area contributed by atoms with Gasteiger partial charge >= 0.3 is 6.03 Å². The molecular formula is C13H17N3O3. The van der Waals surface area contributed by atoms with Crippen molar-refractivity contribution < 1.29 is 9.72 Å². The Morgan fingerprint density at radius 1 is 1.53 bits per heavy atom. The molecule has 6 heteroatoms. The van der Waals surface area contributed by atoms with Crippen LogP contribution in [0.4, 0.5) is 16.2 Å². The molecule has 0 saturated heterocycles. The average molecular weight is 263 g/mol. The smallest absolute Gasteiger partial charge is 0.321 e. The number of rotatable bonds is 4. The maximum Gasteiger partial charge on any atom is 0.321 e. The highest BCUT2D eigenvalue weighted by atomic mass is 16.6. The van der Waals surface area contributed by atoms with Crippen LogP contribution < -0.4 is 5.32 Å². The normalized spacial score (nSPS) is 9.84. The third kappa shape index (κ3) is 4.09. The van der Waals surface area contributed by atoms with E-state index in [2.05, 4.69) is 11.9 Å². The molecule has 0 radical (unpaired) electrons. The van der Waals surface area contributed by atoms with E-state index in [0.29, 0.717) is 17.8 Å². The Hall–Kier alpha value is -2.37. The maximum absolute atomic E-state index is 11.8. The molecule has 0 saturated carbocycles. The van der Waals surface area contributed by atoms with Gasteiger partial charge in [0.15, 0.2) is 0 Å². The molecule has 6 nitrogen and oxygen atoms in total. The van der Waals surface area contributed by atoms with Crippen molar-refractivity contribution in [3.05, 3.63) is 46.0 Å². The number of hydrogen-bond acceptors (Lipinski definition) is 3. The van der Waals surface area contributed by atoms with Crippen LogP contribution >= 0.6 is 0 Å². The lowest BCUT2D eigenvalue weighted by Gasteiger charge is -2.18. The zero-order valence-corrected chi connectivity index (χ0v) is 11.3. The predicted molar refractivity (Wildman–Crippen MR) is 74.3 cm³/mol. The van der Waals surface area contributed by atoms with Crippen molar-refractivity contribution in [2.45, 2.75) is 13.8 Å². The quantitative estimate of drug-likeness (QED) is 0.515. The average Bonchev–Trinajstić information content (AvgIpc) is 2.27. The standard InChI is InChI=1S/C13H17N3O3/c1-9(2)8-15(4)13(17)14-11-5-6-12(16(18)19)10(3)7-11/h5-7H,1,8H2,2-4H3,(H,14,17). The van der Waals surface area contributed by atoms with Crippen LogP contribution in [0, 0.1) is 17.0 Å². The van der Waals surface area contributed by atoms with E-state index >= 15 is 0 Å². The molecule has 0 atom stereocenters. The van der Waals surface area contributed by atoms with Crippen LogP contribution in [-0.2, 0) is 0 Å². The Balaban J connectivity index is 2.78. The third-order valence-corrected chi connectivity index (χ3v) is 2.50. The number of nitro benzene ring substituents is 1. The largest absolute Gasteiger partial charge is 0.324 e. The van der Waals surface area contributed by atoms with Crippen molar-refractivity contribution >= 4 is 17.4 Å². The lowest BCUT2D eigenvalue weighted by atomic mass is 10.2. The molecule has 102 valence electrons. The van der Waals surface area contributed by atoms with Gasteiger partial charge in [-0.1, -0.05) is 12.2 Å². The third-order valence-electron chi connectivity index (χ3n) is 2.50. The van der Waals surface area contributed by atoms with Gasteiger partial charge in [-0.25, -0.2) is 4.79 Å². The van der Waals surface area contributed by atoms with Crippen molar-refractivity contribution in [1.29, 1.82) is 0 Å². The molecule has 1 aromatic carbocycles. The van der Waals surface area contributed by atoms with Gasteiger partial charge in [0.05, 0.1) is 4.92 Å². The molecule has 1 N–H and O–H groups in total. The van der Waals surface area contributed by atoms with Crippen LogP contribution in [-0.4, -0.2) is 29.4 Å². The number of anilines is 1. The summed E-state index contributed by atoms with van der Waals surface area (Å²) in [5.41, 5.74) is 1.94. The minimum absolute atomic E-state index is 0.0355. The summed E-state index contributed by atoms with van der Waals surface area (Å²) in [6.07, 6.45) is 0. The van der Waals surface area contributed by atoms with E-state index in [1.54, 1.807) is 20.0 Å². The lowest BCUT2D eigenvalue weighted by Crippen LogP contribution is -2.32. The highest BCUT2D eigenvalue weighted by Crippen LogP contribution is 2.21. The predicted octanol–water partition coefficient (Wildman–Crippen LogP) is 2.94. The molecule has 1 aromatic rings. The van der Waals surface area contributed by atoms with Crippen LogP contribution in [0.5, 0.6) is 0 Å². The Morgan fingerprint density at radius 3 is 2.63 bits per heavy atom. The second-order valence-corrected chi connectivity index (χ2v) is 4.50. The lowest BCUT2D eigenvalue weighted by molar-refractivity contribution is -0.385. The van der Waals surface area contributed by atoms with E-state index in [-0.39, 0.29) is 11.7 Å². The Bertz CT molecular complexity index is 526. The monoisotopic (exact) mass is 263 g/mol. The van der Waals surface area contributed by atoms with Gasteiger partial charge in [-0.15, -0.1) is 0 Å². The number of aryl methyl sites for hydroxylation is 1. The van der Waals surface area contributed by atoms with E-state index in [4.69, 9.17) is 0 Å². The van der Waals surface area contributed by atoms with Gasteiger partial charge in [-0.2, -0.15) is 0 Å². The summed E-state index contributed by atoms with van der Waals surface area (Å²) in [5.74, 6) is 0. The number of carbonyl (C=O) groups excluding carboxylic acids is 1. The fourth-order valence-corrected chi connectivity index (χ4v) is 1.63. The number of nitrogens with one attached hydrogen (secondary N) is 1. The van der Waals surface area contributed by atoms with E-state index in [9.17, 15) is 14.9 Å². The number of urea groups is 1. The molecule has 2 amide bonds. The van der Waals surface area contributed by atoms with Crippen molar-refractivity contribution in [1.82, 2.24) is 4.90 Å². The van der Waals surface area contributed by atoms with E-state index in [0.717, 1.165) is 5.57 Å². The summed E-state index contributed by atoms with van der Waals surface area (Å²) in [6.45, 7) is 7.65. The molecule has 0 bridgehead atoms. The zero-order valence-electron chi connectivity index (χ0n) is 11.3. The molecule has 0 aliphatic rings. The minimum Gasteiger partial charge on any atom is -0.324 e. The molecule has 19 heavy (non-hydrogen) atoms. The summed E-state index contributed by atoms with van der Waals surface area (Å²) in [7, 11) is 1.66. The first kappa shape index (κ1) is 14.7. The first-order valence-electron chi connectivity index (χ1n) is 5.73. The van der Waals surface area contributed by atoms with Crippen LogP contribution in [0.15, 0.2) is 30.4 Å². The summed E-state index contributed by atoms with van der Waals surface area (Å²) in [4.78, 5) is 23.5. The molecule has 0 unspecified atom stereocenters. The van der Waals surface area contributed by atoms with Crippen LogP contribution in [0.1, 0.15) is 12.5 Å². The number of nitro groups is 1. The first-order valence-corrected chi connectivity index (χ1v) is 5.73. The highest BCUT2D eigenvalue weighted by molar-refractivity contribution is 5.89. The number of amides is 2. The van der Waals surface area contributed by atoms with Gasteiger partial charge in [-0.05, 0) is 26.0 Å². The molecule has 0 fully saturated rings.